The maximum Gasteiger partial charge on any atom is 0.0892 e. The van der Waals surface area contributed by atoms with Crippen LogP contribution in [0.2, 0.25) is 0 Å². The Balaban J connectivity index is 1.91. The molecule has 0 radical (unpaired) electrons. The minimum absolute atomic E-state index is 0.220. The van der Waals surface area contributed by atoms with Crippen molar-refractivity contribution >= 4 is 21.4 Å². The Morgan fingerprint density at radius 1 is 1.25 bits per heavy atom. The fraction of sp³-hybridized carbons (Fsp3) is 0.200. The minimum atomic E-state index is 0.220. The summed E-state index contributed by atoms with van der Waals surface area (Å²) in [5.74, 6) is 0. The average Bonchev–Trinajstić information content (AvgIpc) is 2.91. The van der Waals surface area contributed by atoms with Gasteiger partial charge in [-0.05, 0) is 31.2 Å². The predicted molar refractivity (Wildman–Crippen MR) is 82.6 cm³/mol. The van der Waals surface area contributed by atoms with Crippen molar-refractivity contribution in [3.8, 4) is 0 Å². The summed E-state index contributed by atoms with van der Waals surface area (Å²) in [5, 5.41) is 7.74. The molecule has 0 bridgehead atoms. The van der Waals surface area contributed by atoms with Crippen molar-refractivity contribution in [2.75, 3.05) is 7.05 Å². The van der Waals surface area contributed by atoms with Gasteiger partial charge in [-0.2, -0.15) is 5.10 Å². The van der Waals surface area contributed by atoms with E-state index < -0.39 is 0 Å². The quantitative estimate of drug-likeness (QED) is 0.799. The van der Waals surface area contributed by atoms with Crippen LogP contribution in [0, 0.1) is 0 Å². The van der Waals surface area contributed by atoms with E-state index in [0.717, 1.165) is 16.4 Å². The predicted octanol–water partition coefficient (Wildman–Crippen LogP) is 3.00. The van der Waals surface area contributed by atoms with Gasteiger partial charge < -0.3 is 5.32 Å². The Hall–Kier alpha value is -1.72. The molecular formula is C15H15BrN4. The van der Waals surface area contributed by atoms with Crippen LogP contribution in [-0.2, 0) is 6.42 Å². The number of hydrogen-bond donors (Lipinski definition) is 1. The number of rotatable bonds is 4. The first-order valence-electron chi connectivity index (χ1n) is 6.47. The molecule has 0 fully saturated rings. The van der Waals surface area contributed by atoms with Crippen LogP contribution in [0.4, 0.5) is 0 Å². The molecule has 1 aromatic carbocycles. The number of aromatic nitrogens is 3. The Kier molecular flexibility index (Phi) is 3.80. The molecule has 2 aromatic heterocycles. The Morgan fingerprint density at radius 2 is 2.05 bits per heavy atom. The number of hydrogen-bond acceptors (Lipinski definition) is 3. The van der Waals surface area contributed by atoms with Crippen LogP contribution < -0.4 is 5.32 Å². The van der Waals surface area contributed by atoms with Gasteiger partial charge in [0.15, 0.2) is 0 Å². The Bertz CT molecular complexity index is 705. The smallest absolute Gasteiger partial charge is 0.0892 e. The lowest BCUT2D eigenvalue weighted by Gasteiger charge is -2.15. The SMILES string of the molecule is CNC(Cc1ccc(Br)cc1)c1cnn2ccncc12. The minimum Gasteiger partial charge on any atom is -0.313 e. The zero-order chi connectivity index (χ0) is 13.9. The normalized spacial score (nSPS) is 12.7. The van der Waals surface area contributed by atoms with E-state index in [1.807, 2.05) is 30.2 Å². The van der Waals surface area contributed by atoms with Crippen molar-refractivity contribution in [1.29, 1.82) is 0 Å². The molecule has 4 nitrogen and oxygen atoms in total. The molecule has 1 N–H and O–H groups in total. The van der Waals surface area contributed by atoms with E-state index in [4.69, 9.17) is 0 Å². The summed E-state index contributed by atoms with van der Waals surface area (Å²) in [6.07, 6.45) is 8.30. The van der Waals surface area contributed by atoms with E-state index in [2.05, 4.69) is 55.6 Å². The number of nitrogens with zero attached hydrogens (tertiary/aromatic N) is 3. The van der Waals surface area contributed by atoms with Gasteiger partial charge in [-0.3, -0.25) is 4.98 Å². The van der Waals surface area contributed by atoms with Gasteiger partial charge in [0.2, 0.25) is 0 Å². The molecule has 3 rings (SSSR count). The first kappa shape index (κ1) is 13.3. The number of likely N-dealkylation sites (N-methyl/N-ethyl adjacent to an activating group) is 1. The first-order valence-corrected chi connectivity index (χ1v) is 7.26. The molecule has 0 spiro atoms. The summed E-state index contributed by atoms with van der Waals surface area (Å²) in [7, 11) is 1.98. The molecule has 2 heterocycles. The molecule has 0 amide bonds. The van der Waals surface area contributed by atoms with E-state index >= 15 is 0 Å². The highest BCUT2D eigenvalue weighted by Crippen LogP contribution is 2.22. The van der Waals surface area contributed by atoms with Crippen LogP contribution in [-0.4, -0.2) is 21.6 Å². The van der Waals surface area contributed by atoms with Crippen molar-refractivity contribution in [3.63, 3.8) is 0 Å². The number of nitrogens with one attached hydrogen (secondary N) is 1. The van der Waals surface area contributed by atoms with Crippen LogP contribution >= 0.6 is 15.9 Å². The lowest BCUT2D eigenvalue weighted by Crippen LogP contribution is -2.18. The van der Waals surface area contributed by atoms with Gasteiger partial charge >= 0.3 is 0 Å². The zero-order valence-electron chi connectivity index (χ0n) is 11.1. The summed E-state index contributed by atoms with van der Waals surface area (Å²) in [6.45, 7) is 0. The van der Waals surface area contributed by atoms with E-state index in [0.29, 0.717) is 0 Å². The molecule has 5 heteroatoms. The summed E-state index contributed by atoms with van der Waals surface area (Å²) in [5.41, 5.74) is 3.50. The lowest BCUT2D eigenvalue weighted by molar-refractivity contribution is 0.596. The maximum atomic E-state index is 4.37. The fourth-order valence-corrected chi connectivity index (χ4v) is 2.61. The molecule has 0 saturated heterocycles. The molecular weight excluding hydrogens is 316 g/mol. The summed E-state index contributed by atoms with van der Waals surface area (Å²) in [6, 6.07) is 8.63. The number of halogens is 1. The Labute approximate surface area is 126 Å². The third-order valence-corrected chi connectivity index (χ3v) is 3.96. The van der Waals surface area contributed by atoms with Crippen LogP contribution in [0.25, 0.3) is 5.52 Å². The van der Waals surface area contributed by atoms with Crippen molar-refractivity contribution in [2.24, 2.45) is 0 Å². The molecule has 3 aromatic rings. The summed E-state index contributed by atoms with van der Waals surface area (Å²) in [4.78, 5) is 4.19. The summed E-state index contributed by atoms with van der Waals surface area (Å²) < 4.78 is 2.95. The maximum absolute atomic E-state index is 4.37. The Morgan fingerprint density at radius 3 is 2.80 bits per heavy atom. The molecule has 0 aliphatic carbocycles. The second-order valence-corrected chi connectivity index (χ2v) is 5.59. The highest BCUT2D eigenvalue weighted by atomic mass is 79.9. The van der Waals surface area contributed by atoms with Gasteiger partial charge in [-0.1, -0.05) is 28.1 Å². The van der Waals surface area contributed by atoms with Gasteiger partial charge in [0.1, 0.15) is 0 Å². The van der Waals surface area contributed by atoms with E-state index in [1.165, 1.54) is 11.1 Å². The van der Waals surface area contributed by atoms with Gasteiger partial charge in [0.25, 0.3) is 0 Å². The average molecular weight is 331 g/mol. The zero-order valence-corrected chi connectivity index (χ0v) is 12.7. The second-order valence-electron chi connectivity index (χ2n) is 4.68. The van der Waals surface area contributed by atoms with E-state index in [-0.39, 0.29) is 6.04 Å². The fourth-order valence-electron chi connectivity index (χ4n) is 2.34. The van der Waals surface area contributed by atoms with Gasteiger partial charge in [-0.25, -0.2) is 4.52 Å². The molecule has 20 heavy (non-hydrogen) atoms. The third-order valence-electron chi connectivity index (χ3n) is 3.43. The molecule has 0 aliphatic heterocycles. The molecule has 1 atom stereocenters. The standard InChI is InChI=1S/C15H15BrN4/c1-17-14(8-11-2-4-12(16)5-3-11)13-9-19-20-7-6-18-10-15(13)20/h2-7,9-10,14,17H,8H2,1H3. The van der Waals surface area contributed by atoms with E-state index in [9.17, 15) is 0 Å². The third kappa shape index (κ3) is 2.59. The largest absolute Gasteiger partial charge is 0.313 e. The lowest BCUT2D eigenvalue weighted by atomic mass is 10.0. The summed E-state index contributed by atoms with van der Waals surface area (Å²) >= 11 is 3.46. The van der Waals surface area contributed by atoms with E-state index in [1.54, 1.807) is 6.20 Å². The van der Waals surface area contributed by atoms with Crippen molar-refractivity contribution in [2.45, 2.75) is 12.5 Å². The van der Waals surface area contributed by atoms with Crippen molar-refractivity contribution in [1.82, 2.24) is 19.9 Å². The molecule has 1 unspecified atom stereocenters. The number of fused-ring (bicyclic) bond motifs is 1. The topological polar surface area (TPSA) is 42.2 Å². The molecule has 0 aliphatic rings. The van der Waals surface area contributed by atoms with Crippen LogP contribution in [0.15, 0.2) is 53.5 Å². The van der Waals surface area contributed by atoms with Gasteiger partial charge in [0.05, 0.1) is 17.9 Å². The highest BCUT2D eigenvalue weighted by Gasteiger charge is 2.15. The molecule has 102 valence electrons. The van der Waals surface area contributed by atoms with Gasteiger partial charge in [0, 0.05) is 28.5 Å². The highest BCUT2D eigenvalue weighted by molar-refractivity contribution is 9.10. The van der Waals surface area contributed by atoms with Gasteiger partial charge in [-0.15, -0.1) is 0 Å². The second kappa shape index (κ2) is 5.73. The van der Waals surface area contributed by atoms with Crippen molar-refractivity contribution in [3.05, 3.63) is 64.7 Å². The van der Waals surface area contributed by atoms with Crippen LogP contribution in [0.5, 0.6) is 0 Å². The van der Waals surface area contributed by atoms with Crippen molar-refractivity contribution < 1.29 is 0 Å². The number of benzene rings is 1. The molecule has 0 saturated carbocycles. The van der Waals surface area contributed by atoms with Crippen LogP contribution in [0.1, 0.15) is 17.2 Å². The first-order chi connectivity index (χ1) is 9.78. The van der Waals surface area contributed by atoms with Crippen LogP contribution in [0.3, 0.4) is 0 Å². The monoisotopic (exact) mass is 330 g/mol.